The van der Waals surface area contributed by atoms with Crippen LogP contribution in [0.1, 0.15) is 11.5 Å². The van der Waals surface area contributed by atoms with Crippen molar-refractivity contribution in [1.82, 2.24) is 10.2 Å². The van der Waals surface area contributed by atoms with Crippen LogP contribution in [0, 0.1) is 0 Å². The predicted octanol–water partition coefficient (Wildman–Crippen LogP) is 1.03. The third-order valence-corrected chi connectivity index (χ3v) is 5.32. The van der Waals surface area contributed by atoms with Crippen LogP contribution in [0.25, 0.3) is 0 Å². The maximum atomic E-state index is 12.4. The van der Waals surface area contributed by atoms with Crippen molar-refractivity contribution in [2.45, 2.75) is 16.7 Å². The van der Waals surface area contributed by atoms with E-state index in [1.807, 2.05) is 30.3 Å². The Kier molecular flexibility index (Phi) is 4.36. The van der Waals surface area contributed by atoms with Crippen LogP contribution in [0.5, 0.6) is 0 Å². The van der Waals surface area contributed by atoms with Crippen LogP contribution >= 0.6 is 24.4 Å². The molecule has 6 nitrogen and oxygen atoms in total. The van der Waals surface area contributed by atoms with Gasteiger partial charge in [-0.3, -0.25) is 14.5 Å². The van der Waals surface area contributed by atoms with Crippen molar-refractivity contribution < 1.29 is 19.5 Å². The van der Waals surface area contributed by atoms with Crippen LogP contribution in [0.2, 0.25) is 0 Å². The second-order valence-electron chi connectivity index (χ2n) is 5.13. The monoisotopic (exact) mass is 350 g/mol. The number of aliphatic carboxylic acids is 1. The van der Waals surface area contributed by atoms with E-state index in [-0.39, 0.29) is 28.6 Å². The molecule has 1 fully saturated rings. The van der Waals surface area contributed by atoms with Gasteiger partial charge in [0.25, 0.3) is 0 Å². The molecule has 2 unspecified atom stereocenters. The summed E-state index contributed by atoms with van der Waals surface area (Å²) in [6.07, 6.45) is 1.39. The molecule has 0 saturated carbocycles. The van der Waals surface area contributed by atoms with Gasteiger partial charge in [0, 0.05) is 0 Å². The molecule has 0 aromatic heterocycles. The summed E-state index contributed by atoms with van der Waals surface area (Å²) < 4.78 is 0. The third-order valence-electron chi connectivity index (χ3n) is 3.72. The lowest BCUT2D eigenvalue weighted by Gasteiger charge is -2.50. The highest BCUT2D eigenvalue weighted by Crippen LogP contribution is 2.48. The lowest BCUT2D eigenvalue weighted by molar-refractivity contribution is -0.148. The maximum absolute atomic E-state index is 12.4. The quantitative estimate of drug-likeness (QED) is 0.558. The minimum atomic E-state index is -1.18. The van der Waals surface area contributed by atoms with E-state index in [1.54, 1.807) is 0 Å². The molecule has 23 heavy (non-hydrogen) atoms. The number of hydrogen-bond acceptors (Lipinski definition) is 5. The zero-order chi connectivity index (χ0) is 16.6. The number of thioether (sulfide) groups is 1. The standard InChI is InChI=1S/C15H14N2O4S2/c18-10(7-22)16-11-6-9(15(20)21)17-13(19)12(14(17)23-11)8-4-2-1-3-5-8/h1-6,11-12,14,22H,7H2,(H,16,18)(H,20,21)/t11?,12?,14-/m1/s1. The van der Waals surface area contributed by atoms with Gasteiger partial charge in [0.2, 0.25) is 11.8 Å². The number of benzene rings is 1. The van der Waals surface area contributed by atoms with Crippen molar-refractivity contribution in [2.24, 2.45) is 0 Å². The summed E-state index contributed by atoms with van der Waals surface area (Å²) >= 11 is 5.25. The molecule has 1 aromatic carbocycles. The van der Waals surface area contributed by atoms with E-state index >= 15 is 0 Å². The zero-order valence-corrected chi connectivity index (χ0v) is 13.6. The topological polar surface area (TPSA) is 86.7 Å². The fourth-order valence-electron chi connectivity index (χ4n) is 2.69. The average Bonchev–Trinajstić information content (AvgIpc) is 2.54. The molecule has 0 aliphatic carbocycles. The Morgan fingerprint density at radius 1 is 1.30 bits per heavy atom. The second kappa shape index (κ2) is 6.29. The molecule has 0 spiro atoms. The van der Waals surface area contributed by atoms with E-state index in [0.29, 0.717) is 0 Å². The Hall–Kier alpha value is -1.93. The van der Waals surface area contributed by atoms with Crippen LogP contribution in [0.15, 0.2) is 42.1 Å². The molecule has 2 heterocycles. The van der Waals surface area contributed by atoms with Gasteiger partial charge in [0.15, 0.2) is 0 Å². The van der Waals surface area contributed by atoms with Gasteiger partial charge in [0.05, 0.1) is 17.0 Å². The van der Waals surface area contributed by atoms with Crippen LogP contribution in [-0.4, -0.2) is 44.3 Å². The van der Waals surface area contributed by atoms with Crippen LogP contribution in [0.3, 0.4) is 0 Å². The first kappa shape index (κ1) is 15.9. The number of β-lactam (4-membered cyclic amide) rings is 1. The number of fused-ring (bicyclic) bond motifs is 1. The van der Waals surface area contributed by atoms with Gasteiger partial charge in [-0.05, 0) is 11.6 Å². The Balaban J connectivity index is 1.89. The van der Waals surface area contributed by atoms with Crippen molar-refractivity contribution in [3.05, 3.63) is 47.7 Å². The summed E-state index contributed by atoms with van der Waals surface area (Å²) in [5, 5.41) is 11.2. The first-order valence-electron chi connectivity index (χ1n) is 6.91. The first-order chi connectivity index (χ1) is 11.0. The number of carbonyl (C=O) groups is 3. The number of amides is 2. The molecule has 2 aliphatic rings. The van der Waals surface area contributed by atoms with Crippen molar-refractivity contribution in [2.75, 3.05) is 5.75 Å². The smallest absolute Gasteiger partial charge is 0.352 e. The molecular formula is C15H14N2O4S2. The molecule has 2 N–H and O–H groups in total. The normalized spacial score (nSPS) is 26.0. The third kappa shape index (κ3) is 2.84. The second-order valence-corrected chi connectivity index (χ2v) is 6.71. The number of nitrogens with one attached hydrogen (secondary N) is 1. The summed E-state index contributed by atoms with van der Waals surface area (Å²) in [7, 11) is 0. The van der Waals surface area contributed by atoms with E-state index < -0.39 is 17.3 Å². The number of carboxylic acid groups (broad SMARTS) is 1. The van der Waals surface area contributed by atoms with Gasteiger partial charge < -0.3 is 10.4 Å². The van der Waals surface area contributed by atoms with Crippen molar-refractivity contribution in [3.8, 4) is 0 Å². The Labute approximate surface area is 142 Å². The Morgan fingerprint density at radius 2 is 2.00 bits per heavy atom. The summed E-state index contributed by atoms with van der Waals surface area (Å²) in [5.74, 6) is -2.09. The molecule has 2 amide bonds. The number of hydrogen-bond donors (Lipinski definition) is 3. The van der Waals surface area contributed by atoms with Gasteiger partial charge in [-0.2, -0.15) is 12.6 Å². The Morgan fingerprint density at radius 3 is 2.61 bits per heavy atom. The van der Waals surface area contributed by atoms with Gasteiger partial charge in [-0.25, -0.2) is 4.79 Å². The summed E-state index contributed by atoms with van der Waals surface area (Å²) in [6.45, 7) is 0. The van der Waals surface area contributed by atoms with Crippen molar-refractivity contribution in [3.63, 3.8) is 0 Å². The van der Waals surface area contributed by atoms with Gasteiger partial charge in [0.1, 0.15) is 11.1 Å². The van der Waals surface area contributed by atoms with E-state index in [2.05, 4.69) is 17.9 Å². The molecule has 120 valence electrons. The van der Waals surface area contributed by atoms with Gasteiger partial charge in [-0.1, -0.05) is 30.3 Å². The van der Waals surface area contributed by atoms with Crippen molar-refractivity contribution in [1.29, 1.82) is 0 Å². The van der Waals surface area contributed by atoms with Gasteiger partial charge in [-0.15, -0.1) is 11.8 Å². The zero-order valence-electron chi connectivity index (χ0n) is 11.9. The fraction of sp³-hybridized carbons (Fsp3) is 0.267. The summed E-state index contributed by atoms with van der Waals surface area (Å²) in [6, 6.07) is 9.23. The van der Waals surface area contributed by atoms with E-state index in [9.17, 15) is 19.5 Å². The minimum absolute atomic E-state index is 0.0166. The summed E-state index contributed by atoms with van der Waals surface area (Å²) in [4.78, 5) is 36.6. The minimum Gasteiger partial charge on any atom is -0.477 e. The number of rotatable bonds is 4. The Bertz CT molecular complexity index is 692. The van der Waals surface area contributed by atoms with E-state index in [4.69, 9.17) is 0 Å². The SMILES string of the molecule is O=C(CS)NC1C=C(C(=O)O)N2C(=O)C(c3ccccc3)[C@H]2S1. The predicted molar refractivity (Wildman–Crippen MR) is 88.9 cm³/mol. The molecule has 0 radical (unpaired) electrons. The fourth-order valence-corrected chi connectivity index (χ4v) is 4.26. The molecule has 2 aliphatic heterocycles. The molecule has 1 aromatic rings. The highest BCUT2D eigenvalue weighted by Gasteiger charge is 2.54. The van der Waals surface area contributed by atoms with Crippen LogP contribution in [0.4, 0.5) is 0 Å². The first-order valence-corrected chi connectivity index (χ1v) is 8.49. The summed E-state index contributed by atoms with van der Waals surface area (Å²) in [5.41, 5.74) is 0.757. The molecule has 8 heteroatoms. The molecule has 3 atom stereocenters. The average molecular weight is 350 g/mol. The largest absolute Gasteiger partial charge is 0.477 e. The lowest BCUT2D eigenvalue weighted by Crippen LogP contribution is -2.61. The van der Waals surface area contributed by atoms with E-state index in [1.165, 1.54) is 22.7 Å². The highest BCUT2D eigenvalue weighted by atomic mass is 32.2. The highest BCUT2D eigenvalue weighted by molar-refractivity contribution is 8.00. The van der Waals surface area contributed by atoms with Crippen LogP contribution < -0.4 is 5.32 Å². The molecule has 1 saturated heterocycles. The van der Waals surface area contributed by atoms with Crippen molar-refractivity contribution >= 4 is 42.2 Å². The molecule has 3 rings (SSSR count). The molecular weight excluding hydrogens is 336 g/mol. The lowest BCUT2D eigenvalue weighted by atomic mass is 9.89. The number of thiol groups is 1. The maximum Gasteiger partial charge on any atom is 0.352 e. The van der Waals surface area contributed by atoms with Crippen LogP contribution in [-0.2, 0) is 14.4 Å². The van der Waals surface area contributed by atoms with E-state index in [0.717, 1.165) is 5.56 Å². The number of carbonyl (C=O) groups excluding carboxylic acids is 2. The van der Waals surface area contributed by atoms with Gasteiger partial charge >= 0.3 is 5.97 Å². The molecule has 0 bridgehead atoms. The number of carboxylic acids is 1. The number of nitrogens with zero attached hydrogens (tertiary/aromatic N) is 1.